The molecule has 1 atom stereocenters. The summed E-state index contributed by atoms with van der Waals surface area (Å²) in [7, 11) is -2.10. The van der Waals surface area contributed by atoms with Crippen molar-refractivity contribution in [2.45, 2.75) is 23.8 Å². The molecule has 1 saturated heterocycles. The number of ether oxygens (including phenoxy) is 3. The highest BCUT2D eigenvalue weighted by Gasteiger charge is 2.26. The summed E-state index contributed by atoms with van der Waals surface area (Å²) in [5.74, 6) is 0.851. The number of sulfonamides is 1. The Morgan fingerprint density at radius 2 is 1.90 bits per heavy atom. The molecule has 1 amide bonds. The monoisotopic (exact) mass is 418 g/mol. The maximum absolute atomic E-state index is 12.7. The molecule has 1 N–H and O–H groups in total. The van der Waals surface area contributed by atoms with E-state index in [0.29, 0.717) is 35.9 Å². The smallest absolute Gasteiger partial charge is 0.255 e. The second-order valence-electron chi connectivity index (χ2n) is 6.97. The van der Waals surface area contributed by atoms with Crippen molar-refractivity contribution in [3.63, 3.8) is 0 Å². The standard InChI is InChI=1S/C20H22N2O6S/c1-22(12-16-3-2-10-26-16)29(24,25)17-7-4-14(5-8-17)20(23)21-15-6-9-18-19(11-15)28-13-27-18/h4-9,11,16H,2-3,10,12-13H2,1H3,(H,21,23)/t16-/m0/s1. The first-order valence-electron chi connectivity index (χ1n) is 9.32. The van der Waals surface area contributed by atoms with Gasteiger partial charge in [-0.05, 0) is 49.2 Å². The van der Waals surface area contributed by atoms with Crippen LogP contribution in [0.15, 0.2) is 47.4 Å². The van der Waals surface area contributed by atoms with Crippen molar-refractivity contribution in [1.82, 2.24) is 4.31 Å². The number of fused-ring (bicyclic) bond motifs is 1. The predicted molar refractivity (Wildman–Crippen MR) is 106 cm³/mol. The lowest BCUT2D eigenvalue weighted by Crippen LogP contribution is -2.34. The topological polar surface area (TPSA) is 94.2 Å². The van der Waals surface area contributed by atoms with Crippen LogP contribution in [0.2, 0.25) is 0 Å². The molecule has 8 nitrogen and oxygen atoms in total. The number of anilines is 1. The summed E-state index contributed by atoms with van der Waals surface area (Å²) < 4.78 is 42.8. The molecule has 1 fully saturated rings. The highest BCUT2D eigenvalue weighted by atomic mass is 32.2. The normalized spacial score (nSPS) is 18.2. The highest BCUT2D eigenvalue weighted by Crippen LogP contribution is 2.34. The molecule has 4 rings (SSSR count). The van der Waals surface area contributed by atoms with E-state index in [9.17, 15) is 13.2 Å². The van der Waals surface area contributed by atoms with Crippen LogP contribution in [0.1, 0.15) is 23.2 Å². The van der Waals surface area contributed by atoms with Crippen LogP contribution in [0.25, 0.3) is 0 Å². The van der Waals surface area contributed by atoms with Crippen LogP contribution < -0.4 is 14.8 Å². The zero-order chi connectivity index (χ0) is 20.4. The van der Waals surface area contributed by atoms with E-state index < -0.39 is 10.0 Å². The van der Waals surface area contributed by atoms with Crippen molar-refractivity contribution in [1.29, 1.82) is 0 Å². The van der Waals surface area contributed by atoms with Crippen LogP contribution >= 0.6 is 0 Å². The summed E-state index contributed by atoms with van der Waals surface area (Å²) in [5.41, 5.74) is 0.913. The van der Waals surface area contributed by atoms with Crippen LogP contribution in [0.3, 0.4) is 0 Å². The van der Waals surface area contributed by atoms with Gasteiger partial charge >= 0.3 is 0 Å². The molecule has 0 unspecified atom stereocenters. The van der Waals surface area contributed by atoms with Gasteiger partial charge in [-0.1, -0.05) is 0 Å². The van der Waals surface area contributed by atoms with Crippen molar-refractivity contribution < 1.29 is 27.4 Å². The van der Waals surface area contributed by atoms with Gasteiger partial charge in [-0.15, -0.1) is 0 Å². The first kappa shape index (κ1) is 19.7. The molecule has 0 spiro atoms. The number of hydrogen-bond acceptors (Lipinski definition) is 6. The number of benzene rings is 2. The third kappa shape index (κ3) is 4.21. The van der Waals surface area contributed by atoms with Gasteiger partial charge in [0.1, 0.15) is 0 Å². The maximum atomic E-state index is 12.7. The summed E-state index contributed by atoms with van der Waals surface area (Å²) in [6.07, 6.45) is 1.74. The number of nitrogens with one attached hydrogen (secondary N) is 1. The fourth-order valence-electron chi connectivity index (χ4n) is 3.31. The van der Waals surface area contributed by atoms with Gasteiger partial charge in [-0.25, -0.2) is 8.42 Å². The summed E-state index contributed by atoms with van der Waals surface area (Å²) in [5, 5.41) is 2.77. The Bertz CT molecular complexity index is 1000. The molecule has 2 aliphatic rings. The van der Waals surface area contributed by atoms with Crippen molar-refractivity contribution >= 4 is 21.6 Å². The average molecular weight is 418 g/mol. The van der Waals surface area contributed by atoms with Gasteiger partial charge in [0.2, 0.25) is 16.8 Å². The minimum absolute atomic E-state index is 0.0680. The van der Waals surface area contributed by atoms with E-state index in [0.717, 1.165) is 12.8 Å². The van der Waals surface area contributed by atoms with Gasteiger partial charge in [-0.3, -0.25) is 4.79 Å². The van der Waals surface area contributed by atoms with Crippen molar-refractivity contribution in [2.75, 3.05) is 32.3 Å². The van der Waals surface area contributed by atoms with Gasteiger partial charge < -0.3 is 19.5 Å². The highest BCUT2D eigenvalue weighted by molar-refractivity contribution is 7.89. The van der Waals surface area contributed by atoms with Gasteiger partial charge in [0.05, 0.1) is 11.0 Å². The van der Waals surface area contributed by atoms with E-state index in [1.165, 1.54) is 35.6 Å². The first-order valence-corrected chi connectivity index (χ1v) is 10.8. The van der Waals surface area contributed by atoms with E-state index >= 15 is 0 Å². The molecular formula is C20H22N2O6S. The molecule has 2 aromatic rings. The molecular weight excluding hydrogens is 396 g/mol. The number of likely N-dealkylation sites (N-methyl/N-ethyl adjacent to an activating group) is 1. The molecule has 2 heterocycles. The molecule has 0 aromatic heterocycles. The summed E-state index contributed by atoms with van der Waals surface area (Å²) in [6.45, 7) is 1.14. The molecule has 2 aliphatic heterocycles. The lowest BCUT2D eigenvalue weighted by atomic mass is 10.2. The summed E-state index contributed by atoms with van der Waals surface area (Å²) >= 11 is 0. The van der Waals surface area contributed by atoms with Crippen molar-refractivity contribution in [3.05, 3.63) is 48.0 Å². The van der Waals surface area contributed by atoms with Crippen LogP contribution in [0.5, 0.6) is 11.5 Å². The number of hydrogen-bond donors (Lipinski definition) is 1. The van der Waals surface area contributed by atoms with Crippen molar-refractivity contribution in [3.8, 4) is 11.5 Å². The molecule has 154 valence electrons. The number of rotatable bonds is 6. The minimum Gasteiger partial charge on any atom is -0.454 e. The predicted octanol–water partition coefficient (Wildman–Crippen LogP) is 2.47. The summed E-state index contributed by atoms with van der Waals surface area (Å²) in [4.78, 5) is 12.6. The van der Waals surface area contributed by atoms with E-state index in [4.69, 9.17) is 14.2 Å². The Balaban J connectivity index is 1.43. The Hall–Kier alpha value is -2.62. The molecule has 0 aliphatic carbocycles. The fraction of sp³-hybridized carbons (Fsp3) is 0.350. The Kier molecular flexibility index (Phi) is 5.44. The van der Waals surface area contributed by atoms with Gasteiger partial charge in [0, 0.05) is 37.5 Å². The zero-order valence-corrected chi connectivity index (χ0v) is 16.8. The van der Waals surface area contributed by atoms with Crippen LogP contribution in [-0.2, 0) is 14.8 Å². The number of amides is 1. The molecule has 9 heteroatoms. The third-order valence-corrected chi connectivity index (χ3v) is 6.78. The van der Waals surface area contributed by atoms with E-state index in [-0.39, 0.29) is 23.7 Å². The SMILES string of the molecule is CN(C[C@@H]1CCCO1)S(=O)(=O)c1ccc(C(=O)Nc2ccc3c(c2)OCO3)cc1. The van der Waals surface area contributed by atoms with Crippen LogP contribution in [0.4, 0.5) is 5.69 Å². The molecule has 2 aromatic carbocycles. The van der Waals surface area contributed by atoms with E-state index in [2.05, 4.69) is 5.32 Å². The Labute approximate surface area is 169 Å². The van der Waals surface area contributed by atoms with Gasteiger partial charge in [0.25, 0.3) is 5.91 Å². The van der Waals surface area contributed by atoms with Gasteiger partial charge in [-0.2, -0.15) is 4.31 Å². The van der Waals surface area contributed by atoms with Crippen LogP contribution in [-0.4, -0.2) is 51.7 Å². The molecule has 29 heavy (non-hydrogen) atoms. The van der Waals surface area contributed by atoms with Crippen molar-refractivity contribution in [2.24, 2.45) is 0 Å². The second-order valence-corrected chi connectivity index (χ2v) is 9.01. The lowest BCUT2D eigenvalue weighted by Gasteiger charge is -2.20. The first-order chi connectivity index (χ1) is 13.9. The molecule has 0 saturated carbocycles. The zero-order valence-electron chi connectivity index (χ0n) is 16.0. The number of nitrogens with zero attached hydrogens (tertiary/aromatic N) is 1. The number of carbonyl (C=O) groups excluding carboxylic acids is 1. The van der Waals surface area contributed by atoms with Crippen LogP contribution in [0, 0.1) is 0 Å². The second kappa shape index (κ2) is 8.02. The van der Waals surface area contributed by atoms with E-state index in [1.54, 1.807) is 18.2 Å². The minimum atomic E-state index is -3.64. The molecule has 0 radical (unpaired) electrons. The maximum Gasteiger partial charge on any atom is 0.255 e. The average Bonchev–Trinajstić information content (AvgIpc) is 3.39. The largest absolute Gasteiger partial charge is 0.454 e. The quantitative estimate of drug-likeness (QED) is 0.775. The van der Waals surface area contributed by atoms with E-state index in [1.807, 2.05) is 0 Å². The Morgan fingerprint density at radius 1 is 1.14 bits per heavy atom. The summed E-state index contributed by atoms with van der Waals surface area (Å²) in [6, 6.07) is 11.0. The Morgan fingerprint density at radius 3 is 2.62 bits per heavy atom. The number of carbonyl (C=O) groups is 1. The van der Waals surface area contributed by atoms with Gasteiger partial charge in [0.15, 0.2) is 11.5 Å². The lowest BCUT2D eigenvalue weighted by molar-refractivity contribution is 0.0979. The third-order valence-electron chi connectivity index (χ3n) is 4.94. The fourth-order valence-corrected chi connectivity index (χ4v) is 4.51. The molecule has 0 bridgehead atoms.